The van der Waals surface area contributed by atoms with Crippen molar-refractivity contribution >= 4 is 11.0 Å². The lowest BCUT2D eigenvalue weighted by Crippen LogP contribution is -2.08. The van der Waals surface area contributed by atoms with E-state index in [9.17, 15) is 15.0 Å². The van der Waals surface area contributed by atoms with Crippen LogP contribution in [-0.2, 0) is 6.42 Å². The number of rotatable bonds is 1. The topological polar surface area (TPSA) is 70.7 Å². The molecule has 1 aromatic carbocycles. The minimum absolute atomic E-state index is 0.0778. The molecule has 0 aliphatic carbocycles. The van der Waals surface area contributed by atoms with Crippen molar-refractivity contribution in [2.75, 3.05) is 0 Å². The van der Waals surface area contributed by atoms with Gasteiger partial charge in [-0.15, -0.1) is 0 Å². The smallest absolute Gasteiger partial charge is 0.339 e. The Morgan fingerprint density at radius 3 is 2.62 bits per heavy atom. The maximum Gasteiger partial charge on any atom is 0.339 e. The van der Waals surface area contributed by atoms with Crippen molar-refractivity contribution in [3.8, 4) is 11.5 Å². The molecule has 84 valence electrons. The summed E-state index contributed by atoms with van der Waals surface area (Å²) >= 11 is 0. The number of fused-ring (bicyclic) bond motifs is 1. The predicted octanol–water partition coefficient (Wildman–Crippen LogP) is 2.08. The number of aromatic hydroxyl groups is 2. The molecule has 0 amide bonds. The van der Waals surface area contributed by atoms with E-state index in [0.29, 0.717) is 22.9 Å². The Labute approximate surface area is 91.8 Å². The molecule has 1 aromatic heterocycles. The van der Waals surface area contributed by atoms with Gasteiger partial charge in [0, 0.05) is 17.7 Å². The second-order valence-electron chi connectivity index (χ2n) is 3.68. The standard InChI is InChI=1S/C12H12O4/c1-3-8-6(2)11-9(14)4-7(13)5-10(11)16-12(8)15/h4-5,13-14H,3H2,1-2H3. The van der Waals surface area contributed by atoms with Crippen molar-refractivity contribution in [2.24, 2.45) is 0 Å². The number of phenolic OH excluding ortho intramolecular Hbond substituents is 2. The summed E-state index contributed by atoms with van der Waals surface area (Å²) in [6.45, 7) is 3.61. The molecule has 0 saturated carbocycles. The summed E-state index contributed by atoms with van der Waals surface area (Å²) in [5, 5.41) is 19.5. The van der Waals surface area contributed by atoms with E-state index in [0.717, 1.165) is 0 Å². The molecule has 2 aromatic rings. The van der Waals surface area contributed by atoms with Crippen LogP contribution in [-0.4, -0.2) is 10.2 Å². The summed E-state index contributed by atoms with van der Waals surface area (Å²) in [7, 11) is 0. The fourth-order valence-electron chi connectivity index (χ4n) is 1.92. The predicted molar refractivity (Wildman–Crippen MR) is 59.9 cm³/mol. The number of aryl methyl sites for hydroxylation is 1. The highest BCUT2D eigenvalue weighted by Gasteiger charge is 2.13. The third-order valence-electron chi connectivity index (χ3n) is 2.70. The first-order valence-electron chi connectivity index (χ1n) is 5.02. The normalized spacial score (nSPS) is 10.9. The maximum atomic E-state index is 11.6. The Morgan fingerprint density at radius 2 is 2.00 bits per heavy atom. The molecular formula is C12H12O4. The van der Waals surface area contributed by atoms with E-state index < -0.39 is 5.63 Å². The van der Waals surface area contributed by atoms with E-state index in [2.05, 4.69) is 0 Å². The van der Waals surface area contributed by atoms with Gasteiger partial charge in [-0.25, -0.2) is 4.79 Å². The van der Waals surface area contributed by atoms with Crippen molar-refractivity contribution in [3.05, 3.63) is 33.7 Å². The van der Waals surface area contributed by atoms with E-state index in [1.54, 1.807) is 6.92 Å². The highest BCUT2D eigenvalue weighted by molar-refractivity contribution is 5.88. The average molecular weight is 220 g/mol. The second-order valence-corrected chi connectivity index (χ2v) is 3.68. The molecule has 0 bridgehead atoms. The first kappa shape index (κ1) is 10.5. The molecular weight excluding hydrogens is 208 g/mol. The highest BCUT2D eigenvalue weighted by Crippen LogP contribution is 2.32. The van der Waals surface area contributed by atoms with Gasteiger partial charge >= 0.3 is 5.63 Å². The van der Waals surface area contributed by atoms with Gasteiger partial charge in [-0.3, -0.25) is 0 Å². The fraction of sp³-hybridized carbons (Fsp3) is 0.250. The van der Waals surface area contributed by atoms with Gasteiger partial charge in [-0.1, -0.05) is 6.92 Å². The lowest BCUT2D eigenvalue weighted by Gasteiger charge is -2.07. The van der Waals surface area contributed by atoms with Crippen LogP contribution < -0.4 is 5.63 Å². The van der Waals surface area contributed by atoms with Crippen molar-refractivity contribution in [3.63, 3.8) is 0 Å². The lowest BCUT2D eigenvalue weighted by molar-refractivity contribution is 0.450. The minimum Gasteiger partial charge on any atom is -0.508 e. The zero-order chi connectivity index (χ0) is 11.9. The fourth-order valence-corrected chi connectivity index (χ4v) is 1.92. The van der Waals surface area contributed by atoms with Gasteiger partial charge in [-0.2, -0.15) is 0 Å². The summed E-state index contributed by atoms with van der Waals surface area (Å²) < 4.78 is 5.05. The van der Waals surface area contributed by atoms with E-state index in [1.165, 1.54) is 12.1 Å². The molecule has 2 rings (SSSR count). The van der Waals surface area contributed by atoms with Gasteiger partial charge < -0.3 is 14.6 Å². The number of hydrogen-bond acceptors (Lipinski definition) is 4. The molecule has 0 aliphatic heterocycles. The summed E-state index contributed by atoms with van der Waals surface area (Å²) in [5.41, 5.74) is 1.04. The molecule has 0 saturated heterocycles. The molecule has 0 radical (unpaired) electrons. The number of phenols is 2. The quantitative estimate of drug-likeness (QED) is 0.722. The average Bonchev–Trinajstić information content (AvgIpc) is 2.15. The first-order valence-corrected chi connectivity index (χ1v) is 5.02. The van der Waals surface area contributed by atoms with E-state index in [4.69, 9.17) is 4.42 Å². The Balaban J connectivity index is 2.99. The SMILES string of the molecule is CCc1c(C)c2c(O)cc(O)cc2oc1=O. The molecule has 16 heavy (non-hydrogen) atoms. The largest absolute Gasteiger partial charge is 0.508 e. The molecule has 0 atom stereocenters. The van der Waals surface area contributed by atoms with Crippen molar-refractivity contribution < 1.29 is 14.6 Å². The van der Waals surface area contributed by atoms with Crippen molar-refractivity contribution in [1.29, 1.82) is 0 Å². The molecule has 4 nitrogen and oxygen atoms in total. The van der Waals surface area contributed by atoms with Crippen LogP contribution in [0.15, 0.2) is 21.3 Å². The molecule has 0 spiro atoms. The monoisotopic (exact) mass is 220 g/mol. The van der Waals surface area contributed by atoms with Gasteiger partial charge in [0.2, 0.25) is 0 Å². The van der Waals surface area contributed by atoms with Crippen molar-refractivity contribution in [1.82, 2.24) is 0 Å². The molecule has 0 unspecified atom stereocenters. The second kappa shape index (κ2) is 3.56. The summed E-state index contributed by atoms with van der Waals surface area (Å²) in [5.74, 6) is -0.206. The molecule has 4 heteroatoms. The third-order valence-corrected chi connectivity index (χ3v) is 2.70. The highest BCUT2D eigenvalue weighted by atomic mass is 16.4. The number of hydrogen-bond donors (Lipinski definition) is 2. The zero-order valence-electron chi connectivity index (χ0n) is 9.07. The zero-order valence-corrected chi connectivity index (χ0v) is 9.07. The van der Waals surface area contributed by atoms with Crippen LogP contribution >= 0.6 is 0 Å². The van der Waals surface area contributed by atoms with Crippen LogP contribution in [0.3, 0.4) is 0 Å². The van der Waals surface area contributed by atoms with E-state index in [-0.39, 0.29) is 17.1 Å². The molecule has 0 aliphatic rings. The van der Waals surface area contributed by atoms with Gasteiger partial charge in [-0.05, 0) is 18.9 Å². The molecule has 1 heterocycles. The lowest BCUT2D eigenvalue weighted by atomic mass is 10.0. The number of benzene rings is 1. The van der Waals surface area contributed by atoms with E-state index >= 15 is 0 Å². The van der Waals surface area contributed by atoms with Crippen LogP contribution in [0.1, 0.15) is 18.1 Å². The van der Waals surface area contributed by atoms with Crippen LogP contribution in [0.25, 0.3) is 11.0 Å². The minimum atomic E-state index is -0.419. The van der Waals surface area contributed by atoms with Gasteiger partial charge in [0.15, 0.2) is 0 Å². The van der Waals surface area contributed by atoms with E-state index in [1.807, 2.05) is 6.92 Å². The summed E-state index contributed by atoms with van der Waals surface area (Å²) in [6, 6.07) is 2.55. The van der Waals surface area contributed by atoms with Crippen LogP contribution in [0.5, 0.6) is 11.5 Å². The molecule has 2 N–H and O–H groups in total. The molecule has 0 fully saturated rings. The van der Waals surface area contributed by atoms with Gasteiger partial charge in [0.25, 0.3) is 0 Å². The Hall–Kier alpha value is -1.97. The van der Waals surface area contributed by atoms with Crippen LogP contribution in [0.2, 0.25) is 0 Å². The van der Waals surface area contributed by atoms with Crippen LogP contribution in [0.4, 0.5) is 0 Å². The Bertz CT molecular complexity index is 610. The van der Waals surface area contributed by atoms with Gasteiger partial charge in [0.05, 0.1) is 5.39 Å². The third kappa shape index (κ3) is 1.43. The Kier molecular flexibility index (Phi) is 2.34. The van der Waals surface area contributed by atoms with Crippen molar-refractivity contribution in [2.45, 2.75) is 20.3 Å². The first-order chi connectivity index (χ1) is 7.54. The Morgan fingerprint density at radius 1 is 1.31 bits per heavy atom. The summed E-state index contributed by atoms with van der Waals surface area (Å²) in [6.07, 6.45) is 0.546. The van der Waals surface area contributed by atoms with Crippen LogP contribution in [0, 0.1) is 6.92 Å². The maximum absolute atomic E-state index is 11.6. The van der Waals surface area contributed by atoms with Gasteiger partial charge in [0.1, 0.15) is 17.1 Å². The summed E-state index contributed by atoms with van der Waals surface area (Å²) in [4.78, 5) is 11.6.